The van der Waals surface area contributed by atoms with Crippen molar-refractivity contribution in [2.24, 2.45) is 5.73 Å². The Morgan fingerprint density at radius 3 is 2.80 bits per heavy atom. The van der Waals surface area contributed by atoms with Gasteiger partial charge in [0.05, 0.1) is 5.75 Å². The van der Waals surface area contributed by atoms with Crippen LogP contribution < -0.4 is 5.73 Å². The molecule has 0 aromatic carbocycles. The lowest BCUT2D eigenvalue weighted by Gasteiger charge is -2.03. The molecule has 3 N–H and O–H groups in total. The Balaban J connectivity index is 2.94. The van der Waals surface area contributed by atoms with E-state index < -0.39 is 9.84 Å². The third-order valence-corrected chi connectivity index (χ3v) is 3.61. The van der Waals surface area contributed by atoms with Crippen molar-refractivity contribution in [2.75, 3.05) is 12.4 Å². The van der Waals surface area contributed by atoms with E-state index >= 15 is 0 Å². The first-order valence-corrected chi connectivity index (χ1v) is 6.24. The van der Waals surface area contributed by atoms with Gasteiger partial charge in [-0.1, -0.05) is 0 Å². The van der Waals surface area contributed by atoms with E-state index in [-0.39, 0.29) is 30.4 Å². The Hall–Kier alpha value is -0.980. The summed E-state index contributed by atoms with van der Waals surface area (Å²) in [5.74, 6) is -0.0927. The number of nitrogens with zero attached hydrogens (tertiary/aromatic N) is 1. The Labute approximate surface area is 88.9 Å². The van der Waals surface area contributed by atoms with Crippen molar-refractivity contribution in [1.29, 1.82) is 0 Å². The van der Waals surface area contributed by atoms with Crippen molar-refractivity contribution in [3.05, 3.63) is 23.9 Å². The highest BCUT2D eigenvalue weighted by molar-refractivity contribution is 7.91. The third-order valence-electron chi connectivity index (χ3n) is 1.92. The topological polar surface area (TPSA) is 93.3 Å². The standard InChI is InChI=1S/C9H14N2O3S/c10-7-8-2-3-11-9(6-8)15(13,14)5-1-4-12/h2-3,6,12H,1,4-5,7,10H2. The average molecular weight is 230 g/mol. The molecule has 0 saturated carbocycles. The quantitative estimate of drug-likeness (QED) is 0.724. The summed E-state index contributed by atoms with van der Waals surface area (Å²) < 4.78 is 23.3. The average Bonchev–Trinajstić information content (AvgIpc) is 2.26. The molecule has 0 bridgehead atoms. The summed E-state index contributed by atoms with van der Waals surface area (Å²) in [5.41, 5.74) is 6.13. The summed E-state index contributed by atoms with van der Waals surface area (Å²) >= 11 is 0. The largest absolute Gasteiger partial charge is 0.396 e. The van der Waals surface area contributed by atoms with Crippen LogP contribution in [0.15, 0.2) is 23.4 Å². The summed E-state index contributed by atoms with van der Waals surface area (Å²) in [6, 6.07) is 3.14. The van der Waals surface area contributed by atoms with Gasteiger partial charge >= 0.3 is 0 Å². The molecule has 0 aliphatic heterocycles. The zero-order chi connectivity index (χ0) is 11.3. The second-order valence-electron chi connectivity index (χ2n) is 3.10. The molecule has 0 unspecified atom stereocenters. The Morgan fingerprint density at radius 1 is 1.47 bits per heavy atom. The zero-order valence-electron chi connectivity index (χ0n) is 8.26. The monoisotopic (exact) mass is 230 g/mol. The lowest BCUT2D eigenvalue weighted by atomic mass is 10.3. The van der Waals surface area contributed by atoms with Crippen LogP contribution in [0, 0.1) is 0 Å². The fourth-order valence-electron chi connectivity index (χ4n) is 1.11. The maximum absolute atomic E-state index is 11.6. The van der Waals surface area contributed by atoms with Crippen LogP contribution in [0.4, 0.5) is 0 Å². The summed E-state index contributed by atoms with van der Waals surface area (Å²) in [7, 11) is -3.38. The molecule has 1 heterocycles. The van der Waals surface area contributed by atoms with Gasteiger partial charge in [-0.3, -0.25) is 0 Å². The van der Waals surface area contributed by atoms with Crippen LogP contribution in [0.2, 0.25) is 0 Å². The first-order chi connectivity index (χ1) is 7.10. The fourth-order valence-corrected chi connectivity index (χ4v) is 2.38. The molecule has 0 amide bonds. The predicted molar refractivity (Wildman–Crippen MR) is 55.9 cm³/mol. The third kappa shape index (κ3) is 3.26. The molecule has 1 rings (SSSR count). The molecule has 6 heteroatoms. The van der Waals surface area contributed by atoms with Crippen molar-refractivity contribution in [2.45, 2.75) is 18.0 Å². The molecule has 0 spiro atoms. The number of hydrogen-bond acceptors (Lipinski definition) is 5. The van der Waals surface area contributed by atoms with Crippen LogP contribution in [0.25, 0.3) is 0 Å². The minimum atomic E-state index is -3.38. The first kappa shape index (κ1) is 12.1. The van der Waals surface area contributed by atoms with Crippen molar-refractivity contribution < 1.29 is 13.5 Å². The maximum Gasteiger partial charge on any atom is 0.195 e. The van der Waals surface area contributed by atoms with Gasteiger partial charge in [0.1, 0.15) is 0 Å². The molecule has 5 nitrogen and oxygen atoms in total. The normalized spacial score (nSPS) is 11.6. The zero-order valence-corrected chi connectivity index (χ0v) is 9.07. The molecule has 0 saturated heterocycles. The van der Waals surface area contributed by atoms with Gasteiger partial charge in [-0.25, -0.2) is 13.4 Å². The van der Waals surface area contributed by atoms with Crippen molar-refractivity contribution in [3.63, 3.8) is 0 Å². The molecule has 15 heavy (non-hydrogen) atoms. The van der Waals surface area contributed by atoms with Crippen molar-refractivity contribution in [3.8, 4) is 0 Å². The molecule has 0 atom stereocenters. The van der Waals surface area contributed by atoms with Crippen LogP contribution >= 0.6 is 0 Å². The first-order valence-electron chi connectivity index (χ1n) is 4.59. The van der Waals surface area contributed by atoms with Crippen molar-refractivity contribution >= 4 is 9.84 Å². The van der Waals surface area contributed by atoms with Crippen LogP contribution in [0.1, 0.15) is 12.0 Å². The minimum absolute atomic E-state index is 0.0268. The van der Waals surface area contributed by atoms with Gasteiger partial charge in [0, 0.05) is 19.3 Å². The van der Waals surface area contributed by atoms with E-state index in [1.54, 1.807) is 6.07 Å². The van der Waals surface area contributed by atoms with E-state index in [1.807, 2.05) is 0 Å². The van der Waals surface area contributed by atoms with Gasteiger partial charge in [0.2, 0.25) is 0 Å². The van der Waals surface area contributed by atoms with Crippen LogP contribution in [-0.2, 0) is 16.4 Å². The number of sulfone groups is 1. The van der Waals surface area contributed by atoms with Crippen LogP contribution in [0.5, 0.6) is 0 Å². The van der Waals surface area contributed by atoms with Gasteiger partial charge in [0.15, 0.2) is 14.9 Å². The van der Waals surface area contributed by atoms with Gasteiger partial charge in [-0.15, -0.1) is 0 Å². The lowest BCUT2D eigenvalue weighted by molar-refractivity contribution is 0.295. The number of aliphatic hydroxyl groups excluding tert-OH is 1. The van der Waals surface area contributed by atoms with Crippen molar-refractivity contribution in [1.82, 2.24) is 4.98 Å². The highest BCUT2D eigenvalue weighted by Crippen LogP contribution is 2.10. The minimum Gasteiger partial charge on any atom is -0.396 e. The summed E-state index contributed by atoms with van der Waals surface area (Å²) in [4.78, 5) is 3.79. The van der Waals surface area contributed by atoms with E-state index in [4.69, 9.17) is 10.8 Å². The van der Waals surface area contributed by atoms with E-state index in [9.17, 15) is 8.42 Å². The molecule has 0 fully saturated rings. The lowest BCUT2D eigenvalue weighted by Crippen LogP contribution is -2.11. The van der Waals surface area contributed by atoms with E-state index in [1.165, 1.54) is 12.3 Å². The van der Waals surface area contributed by atoms with Gasteiger partial charge in [-0.2, -0.15) is 0 Å². The van der Waals surface area contributed by atoms with E-state index in [0.717, 1.165) is 5.56 Å². The number of hydrogen-bond donors (Lipinski definition) is 2. The second kappa shape index (κ2) is 5.20. The molecule has 0 aliphatic rings. The predicted octanol–water partition coefficient (Wildman–Crippen LogP) is -0.304. The summed E-state index contributed by atoms with van der Waals surface area (Å²) in [6.45, 7) is 0.140. The van der Waals surface area contributed by atoms with Gasteiger partial charge in [-0.05, 0) is 24.1 Å². The number of pyridine rings is 1. The molecule has 84 valence electrons. The summed E-state index contributed by atoms with van der Waals surface area (Å²) in [5, 5.41) is 8.60. The molecule has 1 aromatic heterocycles. The van der Waals surface area contributed by atoms with E-state index in [0.29, 0.717) is 0 Å². The maximum atomic E-state index is 11.6. The van der Waals surface area contributed by atoms with E-state index in [2.05, 4.69) is 4.98 Å². The molecule has 0 aliphatic carbocycles. The number of nitrogens with two attached hydrogens (primary N) is 1. The highest BCUT2D eigenvalue weighted by Gasteiger charge is 2.15. The van der Waals surface area contributed by atoms with Crippen LogP contribution in [-0.4, -0.2) is 30.9 Å². The number of rotatable bonds is 5. The molecular weight excluding hydrogens is 216 g/mol. The SMILES string of the molecule is NCc1ccnc(S(=O)(=O)CCCO)c1. The highest BCUT2D eigenvalue weighted by atomic mass is 32.2. The molecular formula is C9H14N2O3S. The molecule has 0 radical (unpaired) electrons. The second-order valence-corrected chi connectivity index (χ2v) is 5.16. The Kier molecular flexibility index (Phi) is 4.19. The number of aliphatic hydroxyl groups is 1. The number of aromatic nitrogens is 1. The smallest absolute Gasteiger partial charge is 0.195 e. The fraction of sp³-hybridized carbons (Fsp3) is 0.444. The van der Waals surface area contributed by atoms with Crippen LogP contribution in [0.3, 0.4) is 0 Å². The summed E-state index contributed by atoms with van der Waals surface area (Å²) in [6.07, 6.45) is 1.64. The van der Waals surface area contributed by atoms with Gasteiger partial charge in [0.25, 0.3) is 0 Å². The van der Waals surface area contributed by atoms with Gasteiger partial charge < -0.3 is 10.8 Å². The Bertz CT molecular complexity index is 417. The molecule has 1 aromatic rings. The Morgan fingerprint density at radius 2 is 2.20 bits per heavy atom.